The van der Waals surface area contributed by atoms with Gasteiger partial charge in [0.1, 0.15) is 0 Å². The molecule has 2 heterocycles. The van der Waals surface area contributed by atoms with Gasteiger partial charge >= 0.3 is 0 Å². The van der Waals surface area contributed by atoms with Crippen LogP contribution in [0.5, 0.6) is 0 Å². The van der Waals surface area contributed by atoms with Gasteiger partial charge in [0.2, 0.25) is 0 Å². The molecule has 1 aliphatic heterocycles. The largest absolute Gasteiger partial charge is 0.378 e. The summed E-state index contributed by atoms with van der Waals surface area (Å²) in [7, 11) is 3.97. The molecular formula is C25H25N5O3. The lowest BCUT2D eigenvalue weighted by molar-refractivity contribution is -0.125. The monoisotopic (exact) mass is 443 g/mol. The second-order valence-electron chi connectivity index (χ2n) is 7.77. The third-order valence-corrected chi connectivity index (χ3v) is 5.17. The van der Waals surface area contributed by atoms with Gasteiger partial charge in [0.25, 0.3) is 11.8 Å². The van der Waals surface area contributed by atoms with E-state index in [1.807, 2.05) is 55.4 Å². The Labute approximate surface area is 192 Å². The number of hydrogen-bond acceptors (Lipinski definition) is 6. The van der Waals surface area contributed by atoms with E-state index in [0.29, 0.717) is 23.5 Å². The van der Waals surface area contributed by atoms with E-state index in [-0.39, 0.29) is 11.8 Å². The normalized spacial score (nSPS) is 14.7. The zero-order valence-corrected chi connectivity index (χ0v) is 18.4. The highest BCUT2D eigenvalue weighted by molar-refractivity contribution is 5.98. The van der Waals surface area contributed by atoms with Crippen molar-refractivity contribution in [2.24, 2.45) is 0 Å². The molecule has 168 valence electrons. The summed E-state index contributed by atoms with van der Waals surface area (Å²) < 4.78 is 0. The molecule has 33 heavy (non-hydrogen) atoms. The lowest BCUT2D eigenvalue weighted by Gasteiger charge is -2.13. The van der Waals surface area contributed by atoms with E-state index in [2.05, 4.69) is 21.1 Å². The minimum absolute atomic E-state index is 0.183. The van der Waals surface area contributed by atoms with E-state index in [1.54, 1.807) is 42.7 Å². The first-order valence-corrected chi connectivity index (χ1v) is 10.5. The second kappa shape index (κ2) is 9.97. The number of nitrogens with one attached hydrogen (secondary N) is 3. The Morgan fingerprint density at radius 2 is 1.82 bits per heavy atom. The molecule has 1 atom stereocenters. The molecule has 1 unspecified atom stereocenters. The van der Waals surface area contributed by atoms with Gasteiger partial charge in [-0.3, -0.25) is 24.9 Å². The predicted octanol–water partition coefficient (Wildman–Crippen LogP) is 2.96. The minimum atomic E-state index is -0.776. The fraction of sp³-hybridized carbons (Fsp3) is 0.160. The molecule has 2 amide bonds. The number of aromatic nitrogens is 1. The molecule has 8 heteroatoms. The molecule has 3 N–H and O–H groups in total. The maximum Gasteiger partial charge on any atom is 0.260 e. The number of anilines is 2. The zero-order valence-electron chi connectivity index (χ0n) is 18.4. The maximum atomic E-state index is 12.5. The topological polar surface area (TPSA) is 95.6 Å². The summed E-state index contributed by atoms with van der Waals surface area (Å²) in [6.07, 6.45) is 4.28. The first-order valence-electron chi connectivity index (χ1n) is 10.5. The number of nitrogens with zero attached hydrogens (tertiary/aromatic N) is 2. The average molecular weight is 444 g/mol. The Bertz CT molecular complexity index is 1140. The Balaban J connectivity index is 1.30. The number of benzene rings is 2. The predicted molar refractivity (Wildman–Crippen MR) is 127 cm³/mol. The van der Waals surface area contributed by atoms with Gasteiger partial charge in [-0.25, -0.2) is 0 Å². The van der Waals surface area contributed by atoms with E-state index in [4.69, 9.17) is 4.84 Å². The summed E-state index contributed by atoms with van der Waals surface area (Å²) in [5, 5.41) is 5.70. The first-order chi connectivity index (χ1) is 16.0. The van der Waals surface area contributed by atoms with E-state index >= 15 is 0 Å². The first kappa shape index (κ1) is 22.0. The molecule has 4 rings (SSSR count). The summed E-state index contributed by atoms with van der Waals surface area (Å²) in [4.78, 5) is 36.4. The Morgan fingerprint density at radius 1 is 1.06 bits per heavy atom. The molecule has 1 aliphatic rings. The van der Waals surface area contributed by atoms with Crippen LogP contribution in [-0.2, 0) is 16.2 Å². The maximum absolute atomic E-state index is 12.5. The highest BCUT2D eigenvalue weighted by Gasteiger charge is 2.24. The number of carbonyl (C=O) groups is 2. The van der Waals surface area contributed by atoms with Crippen molar-refractivity contribution in [2.45, 2.75) is 12.6 Å². The van der Waals surface area contributed by atoms with E-state index < -0.39 is 6.10 Å². The Hall–Kier alpha value is -4.17. The highest BCUT2D eigenvalue weighted by atomic mass is 16.7. The highest BCUT2D eigenvalue weighted by Crippen LogP contribution is 2.19. The lowest BCUT2D eigenvalue weighted by atomic mass is 10.1. The zero-order chi connectivity index (χ0) is 23.2. The molecule has 8 nitrogen and oxygen atoms in total. The average Bonchev–Trinajstić information content (AvgIpc) is 3.34. The fourth-order valence-corrected chi connectivity index (χ4v) is 3.27. The van der Waals surface area contributed by atoms with Gasteiger partial charge in [0.05, 0.1) is 5.70 Å². The molecule has 0 radical (unpaired) electrons. The summed E-state index contributed by atoms with van der Waals surface area (Å²) in [5.74, 6) is -0.503. The van der Waals surface area contributed by atoms with Crippen LogP contribution in [0.25, 0.3) is 5.70 Å². The van der Waals surface area contributed by atoms with E-state index in [1.165, 1.54) is 0 Å². The van der Waals surface area contributed by atoms with Gasteiger partial charge in [-0.05, 0) is 60.2 Å². The van der Waals surface area contributed by atoms with Gasteiger partial charge in [-0.1, -0.05) is 12.1 Å². The molecule has 0 saturated carbocycles. The van der Waals surface area contributed by atoms with Gasteiger partial charge in [0.15, 0.2) is 6.10 Å². The van der Waals surface area contributed by atoms with E-state index in [0.717, 1.165) is 16.8 Å². The number of hydrogen-bond donors (Lipinski definition) is 3. The van der Waals surface area contributed by atoms with Crippen molar-refractivity contribution in [3.63, 3.8) is 0 Å². The van der Waals surface area contributed by atoms with Crippen LogP contribution in [0.2, 0.25) is 0 Å². The SMILES string of the molecule is CN(C)c1ccc(CNC(=O)c2ccc(NC(=O)C3C=C(c4cccnc4)NO3)cc2)cc1. The summed E-state index contributed by atoms with van der Waals surface area (Å²) >= 11 is 0. The fourth-order valence-electron chi connectivity index (χ4n) is 3.27. The van der Waals surface area contributed by atoms with E-state index in [9.17, 15) is 9.59 Å². The van der Waals surface area contributed by atoms with Crippen LogP contribution in [0.3, 0.4) is 0 Å². The number of carbonyl (C=O) groups excluding carboxylic acids is 2. The van der Waals surface area contributed by atoms with Gasteiger partial charge in [-0.15, -0.1) is 0 Å². The van der Waals surface area contributed by atoms with Crippen LogP contribution >= 0.6 is 0 Å². The number of hydroxylamine groups is 1. The standard InChI is InChI=1S/C25H25N5O3/c1-30(2)21-11-5-17(6-12-21)15-27-24(31)18-7-9-20(10-8-18)28-25(32)23-14-22(29-33-23)19-4-3-13-26-16-19/h3-14,16,23,29H,15H2,1-2H3,(H,27,31)(H,28,32). The third kappa shape index (κ3) is 5.55. The molecule has 3 aromatic rings. The summed E-state index contributed by atoms with van der Waals surface area (Å²) in [6, 6.07) is 18.4. The molecule has 2 aromatic carbocycles. The van der Waals surface area contributed by atoms with Crippen molar-refractivity contribution in [3.8, 4) is 0 Å². The number of pyridine rings is 1. The molecule has 0 bridgehead atoms. The van der Waals surface area contributed by atoms with Crippen molar-refractivity contribution >= 4 is 28.9 Å². The summed E-state index contributed by atoms with van der Waals surface area (Å²) in [5.41, 5.74) is 7.47. The van der Waals surface area contributed by atoms with Crippen LogP contribution in [0.4, 0.5) is 11.4 Å². The van der Waals surface area contributed by atoms with Crippen molar-refractivity contribution < 1.29 is 14.4 Å². The van der Waals surface area contributed by atoms with Crippen LogP contribution in [0.1, 0.15) is 21.5 Å². The van der Waals surface area contributed by atoms with Crippen LogP contribution in [0.15, 0.2) is 79.1 Å². The van der Waals surface area contributed by atoms with Crippen LogP contribution in [-0.4, -0.2) is 37.0 Å². The Morgan fingerprint density at radius 3 is 2.48 bits per heavy atom. The van der Waals surface area contributed by atoms with Crippen LogP contribution in [0, 0.1) is 0 Å². The quantitative estimate of drug-likeness (QED) is 0.520. The molecule has 0 spiro atoms. The third-order valence-electron chi connectivity index (χ3n) is 5.17. The van der Waals surface area contributed by atoms with Gasteiger partial charge < -0.3 is 15.5 Å². The van der Waals surface area contributed by atoms with Crippen LogP contribution < -0.4 is 21.0 Å². The number of rotatable bonds is 7. The minimum Gasteiger partial charge on any atom is -0.378 e. The molecule has 0 fully saturated rings. The van der Waals surface area contributed by atoms with Gasteiger partial charge in [0, 0.05) is 55.5 Å². The molecule has 0 saturated heterocycles. The smallest absolute Gasteiger partial charge is 0.260 e. The molecule has 1 aromatic heterocycles. The molecule has 0 aliphatic carbocycles. The van der Waals surface area contributed by atoms with Crippen molar-refractivity contribution in [1.82, 2.24) is 15.8 Å². The van der Waals surface area contributed by atoms with Crippen molar-refractivity contribution in [1.29, 1.82) is 0 Å². The van der Waals surface area contributed by atoms with Crippen molar-refractivity contribution in [3.05, 3.63) is 95.8 Å². The van der Waals surface area contributed by atoms with Gasteiger partial charge in [-0.2, -0.15) is 0 Å². The lowest BCUT2D eigenvalue weighted by Crippen LogP contribution is -2.28. The number of amides is 2. The second-order valence-corrected chi connectivity index (χ2v) is 7.77. The molecular weight excluding hydrogens is 418 g/mol. The Kier molecular flexibility index (Phi) is 6.66. The van der Waals surface area contributed by atoms with Crippen molar-refractivity contribution in [2.75, 3.05) is 24.3 Å². The summed E-state index contributed by atoms with van der Waals surface area (Å²) in [6.45, 7) is 0.433.